The Balaban J connectivity index is 1.30. The van der Waals surface area contributed by atoms with Gasteiger partial charge in [0.15, 0.2) is 0 Å². The maximum Gasteiger partial charge on any atom is 0.407 e. The second-order valence-electron chi connectivity index (χ2n) is 8.58. The lowest BCUT2D eigenvalue weighted by Gasteiger charge is -2.41. The minimum Gasteiger partial charge on any atom is -0.480 e. The Hall–Kier alpha value is -3.35. The van der Waals surface area contributed by atoms with E-state index < -0.39 is 17.6 Å². The predicted octanol–water partition coefficient (Wildman–Crippen LogP) is 3.77. The molecule has 4 rings (SSSR count). The quantitative estimate of drug-likeness (QED) is 0.719. The average molecular weight is 437 g/mol. The first-order valence-corrected chi connectivity index (χ1v) is 11.0. The summed E-state index contributed by atoms with van der Waals surface area (Å²) in [7, 11) is 0. The molecule has 2 aromatic rings. The first-order valence-electron chi connectivity index (χ1n) is 11.0. The predicted molar refractivity (Wildman–Crippen MR) is 119 cm³/mol. The van der Waals surface area contributed by atoms with Gasteiger partial charge in [0.05, 0.1) is 0 Å². The standard InChI is InChI=1S/C25H28N2O5/c1-25(23(29)30)13-6-7-15-27(25)22(28)12-14-26-24(31)32-16-21-19-10-4-2-8-17(19)18-9-3-5-11-20(18)21/h2-5,8-11,21H,6-7,12-16H2,1H3,(H,26,31)(H,29,30). The van der Waals surface area contributed by atoms with Crippen LogP contribution in [0, 0.1) is 0 Å². The van der Waals surface area contributed by atoms with Crippen LogP contribution in [-0.4, -0.2) is 53.2 Å². The minimum atomic E-state index is -1.18. The van der Waals surface area contributed by atoms with Crippen LogP contribution in [-0.2, 0) is 14.3 Å². The number of carboxylic acids is 1. The van der Waals surface area contributed by atoms with E-state index in [1.54, 1.807) is 6.92 Å². The van der Waals surface area contributed by atoms with Gasteiger partial charge in [0.2, 0.25) is 5.91 Å². The van der Waals surface area contributed by atoms with Crippen molar-refractivity contribution in [3.63, 3.8) is 0 Å². The summed E-state index contributed by atoms with van der Waals surface area (Å²) in [4.78, 5) is 38.0. The molecule has 1 saturated heterocycles. The van der Waals surface area contributed by atoms with Crippen molar-refractivity contribution in [3.05, 3.63) is 59.7 Å². The molecule has 1 fully saturated rings. The Labute approximate surface area is 187 Å². The number of carbonyl (C=O) groups excluding carboxylic acids is 2. The lowest BCUT2D eigenvalue weighted by molar-refractivity contribution is -0.160. The van der Waals surface area contributed by atoms with E-state index in [1.807, 2.05) is 24.3 Å². The molecule has 2 aliphatic rings. The summed E-state index contributed by atoms with van der Waals surface area (Å²) in [6.07, 6.45) is 1.46. The number of carboxylic acid groups (broad SMARTS) is 1. The number of carbonyl (C=O) groups is 3. The summed E-state index contributed by atoms with van der Waals surface area (Å²) in [6.45, 7) is 2.32. The molecular formula is C25H28N2O5. The number of hydrogen-bond acceptors (Lipinski definition) is 4. The Morgan fingerprint density at radius 1 is 1.06 bits per heavy atom. The molecule has 7 nitrogen and oxygen atoms in total. The van der Waals surface area contributed by atoms with Crippen LogP contribution >= 0.6 is 0 Å². The van der Waals surface area contributed by atoms with E-state index in [4.69, 9.17) is 4.74 Å². The number of ether oxygens (including phenoxy) is 1. The molecule has 1 unspecified atom stereocenters. The van der Waals surface area contributed by atoms with Gasteiger partial charge in [0, 0.05) is 25.4 Å². The molecule has 0 bridgehead atoms. The topological polar surface area (TPSA) is 95.9 Å². The van der Waals surface area contributed by atoms with Crippen molar-refractivity contribution >= 4 is 18.0 Å². The smallest absolute Gasteiger partial charge is 0.407 e. The van der Waals surface area contributed by atoms with Crippen molar-refractivity contribution in [2.24, 2.45) is 0 Å². The van der Waals surface area contributed by atoms with Crippen molar-refractivity contribution in [2.45, 2.75) is 44.1 Å². The summed E-state index contributed by atoms with van der Waals surface area (Å²) >= 11 is 0. The number of aliphatic carboxylic acids is 1. The molecule has 1 aliphatic carbocycles. The third kappa shape index (κ3) is 4.07. The van der Waals surface area contributed by atoms with Crippen LogP contribution in [0.4, 0.5) is 4.79 Å². The molecule has 0 aromatic heterocycles. The monoisotopic (exact) mass is 436 g/mol. The summed E-state index contributed by atoms with van der Waals surface area (Å²) in [5.74, 6) is -1.29. The van der Waals surface area contributed by atoms with Gasteiger partial charge in [-0.1, -0.05) is 48.5 Å². The number of likely N-dealkylation sites (tertiary alicyclic amines) is 1. The third-order valence-corrected chi connectivity index (χ3v) is 6.60. The number of alkyl carbamates (subject to hydrolysis) is 1. The molecule has 0 radical (unpaired) electrons. The molecule has 2 N–H and O–H groups in total. The minimum absolute atomic E-state index is 0.0283. The van der Waals surface area contributed by atoms with Crippen molar-refractivity contribution in [3.8, 4) is 11.1 Å². The molecule has 1 heterocycles. The molecular weight excluding hydrogens is 408 g/mol. The molecule has 0 spiro atoms. The first kappa shape index (κ1) is 21.9. The van der Waals surface area contributed by atoms with Crippen LogP contribution < -0.4 is 5.32 Å². The van der Waals surface area contributed by atoms with Crippen LogP contribution in [0.15, 0.2) is 48.5 Å². The van der Waals surface area contributed by atoms with Crippen molar-refractivity contribution in [2.75, 3.05) is 19.7 Å². The largest absolute Gasteiger partial charge is 0.480 e. The number of piperidine rings is 1. The van der Waals surface area contributed by atoms with Gasteiger partial charge in [0.1, 0.15) is 12.1 Å². The van der Waals surface area contributed by atoms with E-state index >= 15 is 0 Å². The molecule has 2 aromatic carbocycles. The number of benzene rings is 2. The van der Waals surface area contributed by atoms with Crippen LogP contribution in [0.3, 0.4) is 0 Å². The highest BCUT2D eigenvalue weighted by Crippen LogP contribution is 2.44. The number of nitrogens with zero attached hydrogens (tertiary/aromatic N) is 1. The number of amides is 2. The Bertz CT molecular complexity index is 991. The van der Waals surface area contributed by atoms with Crippen molar-refractivity contribution in [1.82, 2.24) is 10.2 Å². The lowest BCUT2D eigenvalue weighted by atomic mass is 9.88. The third-order valence-electron chi connectivity index (χ3n) is 6.60. The zero-order valence-electron chi connectivity index (χ0n) is 18.2. The second kappa shape index (κ2) is 9.02. The van der Waals surface area contributed by atoms with Gasteiger partial charge >= 0.3 is 12.1 Å². The van der Waals surface area contributed by atoms with Gasteiger partial charge in [-0.25, -0.2) is 9.59 Å². The molecule has 1 aliphatic heterocycles. The highest BCUT2D eigenvalue weighted by Gasteiger charge is 2.43. The van der Waals surface area contributed by atoms with E-state index in [0.29, 0.717) is 13.0 Å². The molecule has 7 heteroatoms. The lowest BCUT2D eigenvalue weighted by Crippen LogP contribution is -2.57. The van der Waals surface area contributed by atoms with Gasteiger partial charge in [-0.15, -0.1) is 0 Å². The van der Waals surface area contributed by atoms with E-state index in [9.17, 15) is 19.5 Å². The van der Waals surface area contributed by atoms with Crippen LogP contribution in [0.25, 0.3) is 11.1 Å². The zero-order chi connectivity index (χ0) is 22.7. The Kier molecular flexibility index (Phi) is 6.17. The van der Waals surface area contributed by atoms with Crippen LogP contribution in [0.5, 0.6) is 0 Å². The fourth-order valence-electron chi connectivity index (χ4n) is 4.80. The van der Waals surface area contributed by atoms with Crippen molar-refractivity contribution < 1.29 is 24.2 Å². The van der Waals surface area contributed by atoms with Crippen LogP contribution in [0.1, 0.15) is 49.7 Å². The molecule has 0 saturated carbocycles. The molecule has 32 heavy (non-hydrogen) atoms. The summed E-state index contributed by atoms with van der Waals surface area (Å²) in [5.41, 5.74) is 3.40. The summed E-state index contributed by atoms with van der Waals surface area (Å²) < 4.78 is 5.48. The van der Waals surface area contributed by atoms with Gasteiger partial charge in [-0.2, -0.15) is 0 Å². The SMILES string of the molecule is CC1(C(=O)O)CCCCN1C(=O)CCNC(=O)OCC1c2ccccc2-c2ccccc21. The summed E-state index contributed by atoms with van der Waals surface area (Å²) in [6, 6.07) is 16.2. The van der Waals surface area contributed by atoms with Crippen LogP contribution in [0.2, 0.25) is 0 Å². The highest BCUT2D eigenvalue weighted by atomic mass is 16.5. The first-order chi connectivity index (χ1) is 15.4. The number of hydrogen-bond donors (Lipinski definition) is 2. The Morgan fingerprint density at radius 2 is 1.69 bits per heavy atom. The van der Waals surface area contributed by atoms with Crippen molar-refractivity contribution in [1.29, 1.82) is 0 Å². The normalized spacial score (nSPS) is 19.7. The average Bonchev–Trinajstić information content (AvgIpc) is 3.11. The van der Waals surface area contributed by atoms with Gasteiger partial charge in [-0.3, -0.25) is 4.79 Å². The number of rotatable bonds is 6. The van der Waals surface area contributed by atoms with E-state index in [0.717, 1.165) is 35.1 Å². The van der Waals surface area contributed by atoms with Gasteiger partial charge < -0.3 is 20.1 Å². The highest BCUT2D eigenvalue weighted by molar-refractivity contribution is 5.87. The van der Waals surface area contributed by atoms with E-state index in [-0.39, 0.29) is 31.4 Å². The van der Waals surface area contributed by atoms with Gasteiger partial charge in [-0.05, 0) is 48.4 Å². The fourth-order valence-corrected chi connectivity index (χ4v) is 4.80. The maximum atomic E-state index is 12.6. The zero-order valence-corrected chi connectivity index (χ0v) is 18.2. The Morgan fingerprint density at radius 3 is 2.31 bits per heavy atom. The molecule has 2 amide bonds. The molecule has 168 valence electrons. The number of nitrogens with one attached hydrogen (secondary N) is 1. The maximum absolute atomic E-state index is 12.6. The van der Waals surface area contributed by atoms with E-state index in [1.165, 1.54) is 4.90 Å². The van der Waals surface area contributed by atoms with Gasteiger partial charge in [0.25, 0.3) is 0 Å². The number of fused-ring (bicyclic) bond motifs is 3. The molecule has 1 atom stereocenters. The second-order valence-corrected chi connectivity index (χ2v) is 8.58. The fraction of sp³-hybridized carbons (Fsp3) is 0.400. The summed E-state index contributed by atoms with van der Waals surface area (Å²) in [5, 5.41) is 12.2. The van der Waals surface area contributed by atoms with E-state index in [2.05, 4.69) is 29.6 Å².